The Bertz CT molecular complexity index is 1500. The average Bonchev–Trinajstić information content (AvgIpc) is 3.66. The lowest BCUT2D eigenvalue weighted by molar-refractivity contribution is -0.113. The lowest BCUT2D eigenvalue weighted by Gasteiger charge is -2.16. The monoisotopic (exact) mass is 530 g/mol. The van der Waals surface area contributed by atoms with Gasteiger partial charge in [-0.25, -0.2) is 4.99 Å². The maximum absolute atomic E-state index is 13.7. The minimum absolute atomic E-state index is 0.138. The van der Waals surface area contributed by atoms with Crippen molar-refractivity contribution in [3.63, 3.8) is 0 Å². The summed E-state index contributed by atoms with van der Waals surface area (Å²) in [6.07, 6.45) is 3.46. The highest BCUT2D eigenvalue weighted by molar-refractivity contribution is 8.19. The number of amidine groups is 1. The molecule has 0 aromatic heterocycles. The first-order chi connectivity index (χ1) is 18.6. The normalized spacial score (nSPS) is 17.4. The van der Waals surface area contributed by atoms with Crippen molar-refractivity contribution in [3.8, 4) is 34.5 Å². The zero-order valence-electron chi connectivity index (χ0n) is 20.3. The molecule has 0 bridgehead atoms. The van der Waals surface area contributed by atoms with Gasteiger partial charge in [-0.1, -0.05) is 18.7 Å². The number of fused-ring (bicyclic) bond motifs is 2. The van der Waals surface area contributed by atoms with Crippen LogP contribution in [0.5, 0.6) is 34.5 Å². The van der Waals surface area contributed by atoms with E-state index in [4.69, 9.17) is 33.4 Å². The third-order valence-electron chi connectivity index (χ3n) is 5.84. The van der Waals surface area contributed by atoms with Gasteiger partial charge in [-0.3, -0.25) is 9.69 Å². The average molecular weight is 531 g/mol. The zero-order chi connectivity index (χ0) is 26.1. The fourth-order valence-electron chi connectivity index (χ4n) is 4.06. The van der Waals surface area contributed by atoms with Gasteiger partial charge in [0, 0.05) is 12.1 Å². The van der Waals surface area contributed by atoms with Gasteiger partial charge in [0.2, 0.25) is 13.6 Å². The van der Waals surface area contributed by atoms with E-state index in [9.17, 15) is 4.79 Å². The molecular formula is C28H22N2O7S. The minimum atomic E-state index is -0.223. The lowest BCUT2D eigenvalue weighted by atomic mass is 10.1. The molecule has 0 radical (unpaired) electrons. The van der Waals surface area contributed by atoms with Gasteiger partial charge in [-0.15, -0.1) is 0 Å². The largest absolute Gasteiger partial charge is 0.493 e. The first kappa shape index (κ1) is 23.8. The molecule has 0 atom stereocenters. The number of nitrogens with zero attached hydrogens (tertiary/aromatic N) is 2. The predicted molar refractivity (Wildman–Crippen MR) is 144 cm³/mol. The van der Waals surface area contributed by atoms with Crippen LogP contribution in [-0.4, -0.2) is 38.4 Å². The van der Waals surface area contributed by atoms with Crippen LogP contribution in [0.4, 0.5) is 11.4 Å². The molecule has 192 valence electrons. The van der Waals surface area contributed by atoms with E-state index in [-0.39, 0.29) is 19.5 Å². The number of rotatable bonds is 7. The van der Waals surface area contributed by atoms with Crippen molar-refractivity contribution < 1.29 is 33.2 Å². The molecular weight excluding hydrogens is 508 g/mol. The second kappa shape index (κ2) is 10.1. The Morgan fingerprint density at radius 2 is 1.68 bits per heavy atom. The van der Waals surface area contributed by atoms with E-state index in [1.54, 1.807) is 60.6 Å². The first-order valence-electron chi connectivity index (χ1n) is 11.7. The quantitative estimate of drug-likeness (QED) is 0.291. The summed E-state index contributed by atoms with van der Waals surface area (Å²) in [5, 5.41) is 0.483. The molecule has 0 N–H and O–H groups in total. The highest BCUT2D eigenvalue weighted by atomic mass is 32.2. The van der Waals surface area contributed by atoms with E-state index in [1.807, 2.05) is 18.2 Å². The number of aliphatic imine (C=N–C) groups is 1. The van der Waals surface area contributed by atoms with Gasteiger partial charge in [0.1, 0.15) is 6.61 Å². The Hall–Kier alpha value is -4.57. The summed E-state index contributed by atoms with van der Waals surface area (Å²) in [6.45, 7) is 4.33. The molecule has 3 heterocycles. The number of benzene rings is 3. The van der Waals surface area contributed by atoms with Crippen molar-refractivity contribution >= 4 is 40.3 Å². The number of thioether (sulfide) groups is 1. The molecule has 3 aliphatic rings. The van der Waals surface area contributed by atoms with E-state index in [2.05, 4.69) is 6.58 Å². The van der Waals surface area contributed by atoms with Crippen LogP contribution in [0, 0.1) is 0 Å². The molecule has 3 aliphatic heterocycles. The number of carbonyl (C=O) groups is 1. The number of amides is 1. The minimum Gasteiger partial charge on any atom is -0.493 e. The third kappa shape index (κ3) is 4.50. The Kier molecular flexibility index (Phi) is 6.30. The Morgan fingerprint density at radius 3 is 2.45 bits per heavy atom. The Balaban J connectivity index is 1.38. The summed E-state index contributed by atoms with van der Waals surface area (Å²) >= 11 is 1.27. The maximum atomic E-state index is 13.7. The number of hydrogen-bond acceptors (Lipinski definition) is 9. The van der Waals surface area contributed by atoms with E-state index in [1.165, 1.54) is 11.8 Å². The summed E-state index contributed by atoms with van der Waals surface area (Å²) in [4.78, 5) is 20.6. The topological polar surface area (TPSA) is 88.0 Å². The zero-order valence-corrected chi connectivity index (χ0v) is 21.2. The van der Waals surface area contributed by atoms with Crippen molar-refractivity contribution in [3.05, 3.63) is 77.7 Å². The van der Waals surface area contributed by atoms with Gasteiger partial charge < -0.3 is 28.4 Å². The van der Waals surface area contributed by atoms with Gasteiger partial charge in [0.25, 0.3) is 5.91 Å². The van der Waals surface area contributed by atoms with Crippen molar-refractivity contribution in [1.29, 1.82) is 0 Å². The highest BCUT2D eigenvalue weighted by Crippen LogP contribution is 2.43. The fraction of sp³-hybridized carbons (Fsp3) is 0.143. The molecule has 9 nitrogen and oxygen atoms in total. The molecule has 1 amide bonds. The summed E-state index contributed by atoms with van der Waals surface area (Å²) in [5.41, 5.74) is 2.01. The molecule has 3 aromatic carbocycles. The first-order valence-corrected chi connectivity index (χ1v) is 12.5. The molecule has 1 saturated heterocycles. The highest BCUT2D eigenvalue weighted by Gasteiger charge is 2.36. The van der Waals surface area contributed by atoms with Crippen LogP contribution in [0.3, 0.4) is 0 Å². The molecule has 0 unspecified atom stereocenters. The second-order valence-electron chi connectivity index (χ2n) is 8.23. The third-order valence-corrected chi connectivity index (χ3v) is 6.81. The van der Waals surface area contributed by atoms with Crippen LogP contribution < -0.4 is 33.3 Å². The Morgan fingerprint density at radius 1 is 0.947 bits per heavy atom. The fourth-order valence-corrected chi connectivity index (χ4v) is 5.06. The van der Waals surface area contributed by atoms with E-state index in [0.717, 1.165) is 5.56 Å². The van der Waals surface area contributed by atoms with Crippen LogP contribution in [0.15, 0.2) is 77.1 Å². The number of methoxy groups -OCH3 is 1. The van der Waals surface area contributed by atoms with Crippen LogP contribution in [0.2, 0.25) is 0 Å². The molecule has 0 spiro atoms. The van der Waals surface area contributed by atoms with Gasteiger partial charge in [0.05, 0.1) is 23.4 Å². The summed E-state index contributed by atoms with van der Waals surface area (Å²) < 4.78 is 33.0. The van der Waals surface area contributed by atoms with Crippen molar-refractivity contribution in [2.75, 3.05) is 32.2 Å². The molecule has 10 heteroatoms. The number of anilines is 1. The standard InChI is InChI=1S/C28H22N2O7S/c1-3-10-33-20-7-4-17(11-23(20)32-2)12-26-27(31)30(19-6-9-22-25(14-19)37-16-35-22)28(38-26)29-18-5-8-21-24(13-18)36-15-34-21/h3-9,11-14H,1,10,15-16H2,2H3/b26-12-,29-28?. The van der Waals surface area contributed by atoms with Gasteiger partial charge >= 0.3 is 0 Å². The maximum Gasteiger partial charge on any atom is 0.271 e. The number of hydrogen-bond donors (Lipinski definition) is 0. The smallest absolute Gasteiger partial charge is 0.271 e. The van der Waals surface area contributed by atoms with Gasteiger partial charge in [-0.2, -0.15) is 0 Å². The van der Waals surface area contributed by atoms with E-state index in [0.29, 0.717) is 62.6 Å². The predicted octanol–water partition coefficient (Wildman–Crippen LogP) is 5.53. The molecule has 0 saturated carbocycles. The van der Waals surface area contributed by atoms with Crippen molar-refractivity contribution in [2.24, 2.45) is 4.99 Å². The van der Waals surface area contributed by atoms with E-state index >= 15 is 0 Å². The van der Waals surface area contributed by atoms with Crippen LogP contribution in [0.1, 0.15) is 5.56 Å². The van der Waals surface area contributed by atoms with Gasteiger partial charge in [0.15, 0.2) is 39.7 Å². The van der Waals surface area contributed by atoms with Crippen LogP contribution in [0.25, 0.3) is 6.08 Å². The van der Waals surface area contributed by atoms with E-state index < -0.39 is 0 Å². The molecule has 3 aromatic rings. The number of carbonyl (C=O) groups excluding carboxylic acids is 1. The Labute approximate surface area is 222 Å². The summed E-state index contributed by atoms with van der Waals surface area (Å²) in [5.74, 6) is 3.39. The van der Waals surface area contributed by atoms with Crippen LogP contribution >= 0.6 is 11.8 Å². The molecule has 6 rings (SSSR count). The summed E-state index contributed by atoms with van der Waals surface area (Å²) in [6, 6.07) is 16.2. The molecule has 38 heavy (non-hydrogen) atoms. The SMILES string of the molecule is C=CCOc1ccc(/C=C2\SC(=Nc3ccc4c(c3)OCO4)N(c3ccc4c(c3)OCO4)C2=O)cc1OC. The lowest BCUT2D eigenvalue weighted by Crippen LogP contribution is -2.28. The molecule has 0 aliphatic carbocycles. The molecule has 1 fully saturated rings. The van der Waals surface area contributed by atoms with Crippen LogP contribution in [-0.2, 0) is 4.79 Å². The van der Waals surface area contributed by atoms with Crippen molar-refractivity contribution in [2.45, 2.75) is 0 Å². The van der Waals surface area contributed by atoms with Gasteiger partial charge in [-0.05, 0) is 59.8 Å². The van der Waals surface area contributed by atoms with Crippen molar-refractivity contribution in [1.82, 2.24) is 0 Å². The summed E-state index contributed by atoms with van der Waals surface area (Å²) in [7, 11) is 1.57. The number of ether oxygens (including phenoxy) is 6. The second-order valence-corrected chi connectivity index (χ2v) is 9.24.